The van der Waals surface area contributed by atoms with Crippen molar-refractivity contribution in [2.75, 3.05) is 5.32 Å². The maximum absolute atomic E-state index is 13.6. The first-order chi connectivity index (χ1) is 12.1. The lowest BCUT2D eigenvalue weighted by molar-refractivity contribution is 0.489. The van der Waals surface area contributed by atoms with Gasteiger partial charge in [-0.25, -0.2) is 13.8 Å². The molecule has 3 aromatic rings. The molecule has 25 heavy (non-hydrogen) atoms. The molecule has 6 heteroatoms. The molecule has 0 aliphatic heterocycles. The first-order valence-electron chi connectivity index (χ1n) is 8.23. The second kappa shape index (κ2) is 6.27. The van der Waals surface area contributed by atoms with Crippen LogP contribution in [0.25, 0.3) is 11.1 Å². The maximum atomic E-state index is 13.6. The van der Waals surface area contributed by atoms with E-state index in [2.05, 4.69) is 15.3 Å². The second-order valence-electron chi connectivity index (χ2n) is 6.16. The Morgan fingerprint density at radius 1 is 1.12 bits per heavy atom. The average Bonchev–Trinajstić information content (AvgIpc) is 3.15. The predicted molar refractivity (Wildman–Crippen MR) is 90.2 cm³/mol. The largest absolute Gasteiger partial charge is 0.465 e. The van der Waals surface area contributed by atoms with Crippen LogP contribution in [0.3, 0.4) is 0 Å². The topological polar surface area (TPSA) is 51.0 Å². The Hall–Kier alpha value is -2.76. The number of rotatable bonds is 4. The molecule has 0 radical (unpaired) electrons. The number of furan rings is 1. The van der Waals surface area contributed by atoms with Gasteiger partial charge in [0.25, 0.3) is 0 Å². The van der Waals surface area contributed by atoms with Crippen molar-refractivity contribution in [1.29, 1.82) is 0 Å². The van der Waals surface area contributed by atoms with E-state index in [1.54, 1.807) is 12.3 Å². The molecule has 0 atom stereocenters. The standard InChI is InChI=1S/C19H17F2N3O/c1-11-19(13-3-2-4-17(13)25-11)12-5-6-18(23-7-12)24-8-14-15(20)9-22-10-16(14)21/h5-7,9-10H,2-4,8H2,1H3,(H,23,24). The van der Waals surface area contributed by atoms with Gasteiger partial charge in [-0.2, -0.15) is 0 Å². The first kappa shape index (κ1) is 15.7. The molecule has 0 saturated heterocycles. The van der Waals surface area contributed by atoms with Crippen LogP contribution in [0.2, 0.25) is 0 Å². The number of pyridine rings is 2. The van der Waals surface area contributed by atoms with Crippen molar-refractivity contribution in [3.05, 3.63) is 65.0 Å². The van der Waals surface area contributed by atoms with Gasteiger partial charge in [0.1, 0.15) is 29.0 Å². The summed E-state index contributed by atoms with van der Waals surface area (Å²) in [6.07, 6.45) is 6.91. The van der Waals surface area contributed by atoms with Crippen molar-refractivity contribution >= 4 is 5.82 Å². The van der Waals surface area contributed by atoms with Gasteiger partial charge in [0.05, 0.1) is 12.4 Å². The molecule has 128 valence electrons. The number of anilines is 1. The van der Waals surface area contributed by atoms with Gasteiger partial charge in [0, 0.05) is 41.4 Å². The number of fused-ring (bicyclic) bond motifs is 1. The van der Waals surface area contributed by atoms with Gasteiger partial charge < -0.3 is 9.73 Å². The van der Waals surface area contributed by atoms with E-state index in [0.29, 0.717) is 5.82 Å². The van der Waals surface area contributed by atoms with Crippen LogP contribution in [-0.4, -0.2) is 9.97 Å². The molecule has 0 aromatic carbocycles. The Morgan fingerprint density at radius 2 is 1.92 bits per heavy atom. The van der Waals surface area contributed by atoms with Gasteiger partial charge in [-0.3, -0.25) is 4.98 Å². The highest BCUT2D eigenvalue weighted by molar-refractivity contribution is 5.71. The van der Waals surface area contributed by atoms with Crippen molar-refractivity contribution < 1.29 is 13.2 Å². The summed E-state index contributed by atoms with van der Waals surface area (Å²) in [6, 6.07) is 3.76. The van der Waals surface area contributed by atoms with Gasteiger partial charge in [-0.1, -0.05) is 0 Å². The van der Waals surface area contributed by atoms with Crippen LogP contribution in [0.1, 0.15) is 29.1 Å². The summed E-state index contributed by atoms with van der Waals surface area (Å²) < 4.78 is 33.0. The van der Waals surface area contributed by atoms with E-state index >= 15 is 0 Å². The second-order valence-corrected chi connectivity index (χ2v) is 6.16. The minimum absolute atomic E-state index is 0.00662. The summed E-state index contributed by atoms with van der Waals surface area (Å²) >= 11 is 0. The maximum Gasteiger partial charge on any atom is 0.149 e. The molecule has 0 bridgehead atoms. The van der Waals surface area contributed by atoms with Crippen LogP contribution in [0.4, 0.5) is 14.6 Å². The molecule has 3 aromatic heterocycles. The Bertz CT molecular complexity index is 899. The van der Waals surface area contributed by atoms with E-state index in [9.17, 15) is 8.78 Å². The normalized spacial score (nSPS) is 13.1. The minimum atomic E-state index is -0.672. The van der Waals surface area contributed by atoms with E-state index in [1.807, 2.05) is 13.0 Å². The molecule has 0 unspecified atom stereocenters. The van der Waals surface area contributed by atoms with Crippen molar-refractivity contribution in [2.24, 2.45) is 0 Å². The van der Waals surface area contributed by atoms with Gasteiger partial charge in [0.2, 0.25) is 0 Å². The summed E-state index contributed by atoms with van der Waals surface area (Å²) in [5.74, 6) is 1.20. The molecule has 1 N–H and O–H groups in total. The quantitative estimate of drug-likeness (QED) is 0.763. The third kappa shape index (κ3) is 2.88. The van der Waals surface area contributed by atoms with Crippen LogP contribution in [-0.2, 0) is 19.4 Å². The zero-order valence-electron chi connectivity index (χ0n) is 13.8. The van der Waals surface area contributed by atoms with E-state index in [0.717, 1.165) is 54.3 Å². The fourth-order valence-corrected chi connectivity index (χ4v) is 3.35. The van der Waals surface area contributed by atoms with E-state index in [4.69, 9.17) is 4.42 Å². The zero-order valence-corrected chi connectivity index (χ0v) is 13.8. The van der Waals surface area contributed by atoms with Crippen LogP contribution in [0, 0.1) is 18.6 Å². The Labute approximate surface area is 143 Å². The van der Waals surface area contributed by atoms with Gasteiger partial charge in [0.15, 0.2) is 0 Å². The zero-order chi connectivity index (χ0) is 17.4. The van der Waals surface area contributed by atoms with Crippen molar-refractivity contribution in [3.63, 3.8) is 0 Å². The number of nitrogens with zero attached hydrogens (tertiary/aromatic N) is 2. The monoisotopic (exact) mass is 341 g/mol. The highest BCUT2D eigenvalue weighted by Gasteiger charge is 2.23. The Balaban J connectivity index is 1.53. The van der Waals surface area contributed by atoms with Crippen LogP contribution in [0.15, 0.2) is 35.1 Å². The Morgan fingerprint density at radius 3 is 2.64 bits per heavy atom. The van der Waals surface area contributed by atoms with E-state index < -0.39 is 11.6 Å². The number of halogens is 2. The third-order valence-corrected chi connectivity index (χ3v) is 4.55. The molecular formula is C19H17F2N3O. The fourth-order valence-electron chi connectivity index (χ4n) is 3.35. The highest BCUT2D eigenvalue weighted by Crippen LogP contribution is 2.37. The molecule has 4 nitrogen and oxygen atoms in total. The van der Waals surface area contributed by atoms with Crippen LogP contribution < -0.4 is 5.32 Å². The molecule has 0 saturated carbocycles. The number of hydrogen-bond acceptors (Lipinski definition) is 4. The summed E-state index contributed by atoms with van der Waals surface area (Å²) in [5, 5.41) is 2.94. The summed E-state index contributed by atoms with van der Waals surface area (Å²) in [5.41, 5.74) is 3.35. The molecule has 3 heterocycles. The van der Waals surface area contributed by atoms with Crippen molar-refractivity contribution in [3.8, 4) is 11.1 Å². The SMILES string of the molecule is Cc1oc2c(c1-c1ccc(NCc3c(F)cncc3F)nc1)CCC2. The summed E-state index contributed by atoms with van der Waals surface area (Å²) in [4.78, 5) is 7.84. The summed E-state index contributed by atoms with van der Waals surface area (Å²) in [7, 11) is 0. The molecular weight excluding hydrogens is 324 g/mol. The Kier molecular flexibility index (Phi) is 3.95. The highest BCUT2D eigenvalue weighted by atomic mass is 19.1. The molecule has 0 fully saturated rings. The van der Waals surface area contributed by atoms with Crippen molar-refractivity contribution in [2.45, 2.75) is 32.7 Å². The number of aryl methyl sites for hydroxylation is 2. The molecule has 1 aliphatic carbocycles. The average molecular weight is 341 g/mol. The number of hydrogen-bond donors (Lipinski definition) is 1. The minimum Gasteiger partial charge on any atom is -0.465 e. The van der Waals surface area contributed by atoms with Crippen LogP contribution in [0.5, 0.6) is 0 Å². The fraction of sp³-hybridized carbons (Fsp3) is 0.263. The smallest absolute Gasteiger partial charge is 0.149 e. The lowest BCUT2D eigenvalue weighted by atomic mass is 10.0. The molecule has 0 amide bonds. The first-order valence-corrected chi connectivity index (χ1v) is 8.23. The molecule has 1 aliphatic rings. The third-order valence-electron chi connectivity index (χ3n) is 4.55. The number of nitrogens with one attached hydrogen (secondary N) is 1. The van der Waals surface area contributed by atoms with Crippen molar-refractivity contribution in [1.82, 2.24) is 9.97 Å². The predicted octanol–water partition coefficient (Wildman–Crippen LogP) is 4.42. The number of aromatic nitrogens is 2. The lowest BCUT2D eigenvalue weighted by Crippen LogP contribution is -2.06. The molecule has 0 spiro atoms. The van der Waals surface area contributed by atoms with E-state index in [1.165, 1.54) is 5.56 Å². The molecule has 4 rings (SSSR count). The summed E-state index contributed by atoms with van der Waals surface area (Å²) in [6.45, 7) is 1.97. The van der Waals surface area contributed by atoms with E-state index in [-0.39, 0.29) is 12.1 Å². The van der Waals surface area contributed by atoms with Gasteiger partial charge >= 0.3 is 0 Å². The van der Waals surface area contributed by atoms with Gasteiger partial charge in [-0.15, -0.1) is 0 Å². The van der Waals surface area contributed by atoms with Gasteiger partial charge in [-0.05, 0) is 31.9 Å². The lowest BCUT2D eigenvalue weighted by Gasteiger charge is -2.08. The van der Waals surface area contributed by atoms with Crippen LogP contribution >= 0.6 is 0 Å².